The molecule has 1 atom stereocenters. The van der Waals surface area contributed by atoms with Gasteiger partial charge >= 0.3 is 5.69 Å². The number of fused-ring (bicyclic) bond motifs is 3. The molecule has 7 rings (SSSR count). The van der Waals surface area contributed by atoms with Gasteiger partial charge in [0, 0.05) is 30.6 Å². The Morgan fingerprint density at radius 1 is 1.21 bits per heavy atom. The number of benzene rings is 3. The fraction of sp³-hybridized carbons (Fsp3) is 0.273. The first-order chi connectivity index (χ1) is 20.8. The normalized spacial score (nSPS) is 16.3. The maximum atomic E-state index is 16.9. The van der Waals surface area contributed by atoms with E-state index in [1.165, 1.54) is 6.08 Å². The van der Waals surface area contributed by atoms with E-state index < -0.39 is 11.5 Å². The minimum Gasteiger partial charge on any atom is -0.487 e. The van der Waals surface area contributed by atoms with Crippen LogP contribution in [0.3, 0.4) is 0 Å². The molecule has 2 aliphatic rings. The predicted molar refractivity (Wildman–Crippen MR) is 165 cm³/mol. The van der Waals surface area contributed by atoms with Gasteiger partial charge in [0.2, 0.25) is 5.91 Å². The van der Waals surface area contributed by atoms with Gasteiger partial charge in [-0.2, -0.15) is 10.1 Å². The molecule has 2 aromatic heterocycles. The lowest BCUT2D eigenvalue weighted by Gasteiger charge is -2.40. The Morgan fingerprint density at radius 2 is 2.02 bits per heavy atom. The summed E-state index contributed by atoms with van der Waals surface area (Å²) in [5.41, 5.74) is 4.29. The molecule has 3 aromatic carbocycles. The van der Waals surface area contributed by atoms with Crippen LogP contribution in [-0.4, -0.2) is 62.8 Å². The molecule has 0 bridgehead atoms. The summed E-state index contributed by atoms with van der Waals surface area (Å²) in [5.74, 6) is -0.191. The van der Waals surface area contributed by atoms with Gasteiger partial charge in [-0.3, -0.25) is 14.5 Å². The summed E-state index contributed by atoms with van der Waals surface area (Å²) >= 11 is 0. The van der Waals surface area contributed by atoms with E-state index in [1.54, 1.807) is 21.7 Å². The van der Waals surface area contributed by atoms with Crippen LogP contribution < -0.4 is 15.3 Å². The number of anilines is 1. The maximum absolute atomic E-state index is 16.9. The second-order valence-corrected chi connectivity index (χ2v) is 11.5. The topological polar surface area (TPSA) is 96.4 Å². The van der Waals surface area contributed by atoms with E-state index in [9.17, 15) is 9.59 Å². The molecule has 10 heteroatoms. The zero-order valence-corrected chi connectivity index (χ0v) is 24.2. The van der Waals surface area contributed by atoms with Gasteiger partial charge in [0.15, 0.2) is 11.6 Å². The number of aromatic nitrogens is 4. The molecule has 218 valence electrons. The molecule has 4 heterocycles. The molecule has 0 radical (unpaired) electrons. The van der Waals surface area contributed by atoms with Crippen molar-refractivity contribution in [2.24, 2.45) is 0 Å². The lowest BCUT2D eigenvalue weighted by atomic mass is 9.94. The maximum Gasteiger partial charge on any atom is 0.354 e. The van der Waals surface area contributed by atoms with Crippen LogP contribution in [-0.2, 0) is 4.79 Å². The van der Waals surface area contributed by atoms with Crippen LogP contribution in [0, 0.1) is 12.7 Å². The summed E-state index contributed by atoms with van der Waals surface area (Å²) in [4.78, 5) is 34.8. The summed E-state index contributed by atoms with van der Waals surface area (Å²) in [6.45, 7) is 11.0. The quantitative estimate of drug-likeness (QED) is 0.298. The van der Waals surface area contributed by atoms with E-state index in [1.807, 2.05) is 48.2 Å². The van der Waals surface area contributed by atoms with Crippen molar-refractivity contribution >= 4 is 33.5 Å². The number of halogens is 1. The van der Waals surface area contributed by atoms with Gasteiger partial charge in [-0.25, -0.2) is 9.18 Å². The molecule has 5 aromatic rings. The van der Waals surface area contributed by atoms with E-state index in [0.717, 1.165) is 22.0 Å². The Balaban J connectivity index is 1.57. The van der Waals surface area contributed by atoms with Crippen LogP contribution in [0.2, 0.25) is 0 Å². The largest absolute Gasteiger partial charge is 0.487 e. The number of piperazine rings is 1. The third-order valence-electron chi connectivity index (χ3n) is 8.62. The van der Waals surface area contributed by atoms with Crippen molar-refractivity contribution in [3.05, 3.63) is 88.7 Å². The number of carbonyl (C=O) groups is 1. The molecule has 1 saturated heterocycles. The van der Waals surface area contributed by atoms with Crippen LogP contribution in [0.1, 0.15) is 30.9 Å². The molecular weight excluding hydrogens is 547 g/mol. The fourth-order valence-corrected chi connectivity index (χ4v) is 6.52. The molecule has 1 unspecified atom stereocenters. The van der Waals surface area contributed by atoms with Gasteiger partial charge in [-0.05, 0) is 53.8 Å². The summed E-state index contributed by atoms with van der Waals surface area (Å²) in [6.07, 6.45) is 2.97. The summed E-state index contributed by atoms with van der Waals surface area (Å²) in [5, 5.41) is 8.37. The molecule has 1 fully saturated rings. The minimum absolute atomic E-state index is 0.0432. The monoisotopic (exact) mass is 578 g/mol. The van der Waals surface area contributed by atoms with Crippen molar-refractivity contribution in [1.29, 1.82) is 0 Å². The van der Waals surface area contributed by atoms with Crippen molar-refractivity contribution < 1.29 is 13.9 Å². The average molecular weight is 579 g/mol. The van der Waals surface area contributed by atoms with Crippen molar-refractivity contribution in [3.63, 3.8) is 0 Å². The number of aryl methyl sites for hydroxylation is 1. The first-order valence-corrected chi connectivity index (χ1v) is 14.4. The Hall–Kier alpha value is -4.99. The third kappa shape index (κ3) is 4.11. The van der Waals surface area contributed by atoms with Crippen LogP contribution in [0.25, 0.3) is 38.6 Å². The molecule has 1 amide bonds. The molecular formula is C33H31FN6O3. The summed E-state index contributed by atoms with van der Waals surface area (Å²) in [7, 11) is 0. The van der Waals surface area contributed by atoms with Crippen molar-refractivity contribution in [1.82, 2.24) is 24.6 Å². The average Bonchev–Trinajstić information content (AvgIpc) is 3.42. The number of para-hydroxylation sites is 1. The predicted octanol–water partition coefficient (Wildman–Crippen LogP) is 5.10. The van der Waals surface area contributed by atoms with Crippen molar-refractivity contribution in [3.8, 4) is 22.6 Å². The Labute approximate surface area is 247 Å². The standard InChI is InChI=1S/C33H31FN6O3/c1-5-27(41)38-12-13-39-20(16-38)17-43-31-29-26(14-22(30(31)34)28-19(4)10-11-24-23(28)15-35-37-24)40(33(42)36-32(29)39)25-9-7-6-8-21(25)18(2)3/h5-11,14-15,18,20H,1,12-13,16-17H2,2-4H3,(H,35,37). The molecule has 0 saturated carbocycles. The van der Waals surface area contributed by atoms with Crippen LogP contribution in [0.15, 0.2) is 66.1 Å². The van der Waals surface area contributed by atoms with E-state index >= 15 is 4.39 Å². The Kier molecular flexibility index (Phi) is 6.30. The number of hydrogen-bond acceptors (Lipinski definition) is 6. The first kappa shape index (κ1) is 26.9. The highest BCUT2D eigenvalue weighted by molar-refractivity contribution is 6.04. The van der Waals surface area contributed by atoms with Crippen LogP contribution in [0.4, 0.5) is 10.2 Å². The number of carbonyl (C=O) groups excluding carboxylic acids is 1. The zero-order chi connectivity index (χ0) is 30.0. The molecule has 0 spiro atoms. The van der Waals surface area contributed by atoms with Gasteiger partial charge in [0.1, 0.15) is 12.4 Å². The van der Waals surface area contributed by atoms with E-state index in [4.69, 9.17) is 4.74 Å². The van der Waals surface area contributed by atoms with Gasteiger partial charge < -0.3 is 14.5 Å². The molecule has 43 heavy (non-hydrogen) atoms. The Bertz CT molecular complexity index is 2010. The second kappa shape index (κ2) is 10.1. The smallest absolute Gasteiger partial charge is 0.354 e. The number of amides is 1. The number of rotatable bonds is 4. The van der Waals surface area contributed by atoms with E-state index in [-0.39, 0.29) is 30.2 Å². The number of hydrogen-bond donors (Lipinski definition) is 1. The zero-order valence-electron chi connectivity index (χ0n) is 24.2. The summed E-state index contributed by atoms with van der Waals surface area (Å²) in [6, 6.07) is 13.0. The van der Waals surface area contributed by atoms with Gasteiger partial charge in [-0.15, -0.1) is 0 Å². The summed E-state index contributed by atoms with van der Waals surface area (Å²) < 4.78 is 24.8. The van der Waals surface area contributed by atoms with Crippen LogP contribution in [0.5, 0.6) is 5.75 Å². The van der Waals surface area contributed by atoms with Gasteiger partial charge in [-0.1, -0.05) is 44.7 Å². The lowest BCUT2D eigenvalue weighted by Crippen LogP contribution is -2.56. The van der Waals surface area contributed by atoms with Gasteiger partial charge in [0.05, 0.1) is 34.3 Å². The number of aromatic amines is 1. The molecule has 1 N–H and O–H groups in total. The Morgan fingerprint density at radius 3 is 2.81 bits per heavy atom. The van der Waals surface area contributed by atoms with E-state index in [2.05, 4.69) is 35.6 Å². The van der Waals surface area contributed by atoms with Crippen LogP contribution >= 0.6 is 0 Å². The lowest BCUT2D eigenvalue weighted by molar-refractivity contribution is -0.126. The SMILES string of the molecule is C=CC(=O)N1CCN2c3nc(=O)n(-c4ccccc4C(C)C)c4cc(-c5c(C)ccc6[nH]ncc56)c(F)c(c34)OCC2C1. The first-order valence-electron chi connectivity index (χ1n) is 14.4. The minimum atomic E-state index is -0.534. The number of nitrogens with zero attached hydrogens (tertiary/aromatic N) is 5. The third-order valence-corrected chi connectivity index (χ3v) is 8.62. The number of nitrogens with one attached hydrogen (secondary N) is 1. The van der Waals surface area contributed by atoms with Crippen molar-refractivity contribution in [2.45, 2.75) is 32.7 Å². The number of ether oxygens (including phenoxy) is 1. The molecule has 9 nitrogen and oxygen atoms in total. The highest BCUT2D eigenvalue weighted by Gasteiger charge is 2.37. The fourth-order valence-electron chi connectivity index (χ4n) is 6.52. The number of H-pyrrole nitrogens is 1. The second-order valence-electron chi connectivity index (χ2n) is 11.5. The highest BCUT2D eigenvalue weighted by Crippen LogP contribution is 2.45. The van der Waals surface area contributed by atoms with E-state index in [0.29, 0.717) is 53.2 Å². The van der Waals surface area contributed by atoms with Gasteiger partial charge in [0.25, 0.3) is 0 Å². The highest BCUT2D eigenvalue weighted by atomic mass is 19.1. The molecule has 0 aliphatic carbocycles. The molecule has 2 aliphatic heterocycles. The van der Waals surface area contributed by atoms with Crippen molar-refractivity contribution in [2.75, 3.05) is 31.1 Å².